The van der Waals surface area contributed by atoms with E-state index in [2.05, 4.69) is 15.6 Å². The van der Waals surface area contributed by atoms with Gasteiger partial charge >= 0.3 is 0 Å². The van der Waals surface area contributed by atoms with Crippen molar-refractivity contribution in [1.82, 2.24) is 15.6 Å². The summed E-state index contributed by atoms with van der Waals surface area (Å²) in [6, 6.07) is 7.43. The van der Waals surface area contributed by atoms with Crippen molar-refractivity contribution < 1.29 is 18.7 Å². The number of nitrogens with one attached hydrogen (secondary N) is 2. The van der Waals surface area contributed by atoms with E-state index in [1.54, 1.807) is 31.7 Å². The molecule has 2 aromatic heterocycles. The maximum atomic E-state index is 12.1. The molecule has 2 N–H and O–H groups in total. The van der Waals surface area contributed by atoms with Gasteiger partial charge in [0.25, 0.3) is 11.8 Å². The van der Waals surface area contributed by atoms with E-state index in [0.717, 1.165) is 22.1 Å². The summed E-state index contributed by atoms with van der Waals surface area (Å²) in [5, 5.41) is 5.99. The van der Waals surface area contributed by atoms with Gasteiger partial charge in [-0.2, -0.15) is 0 Å². The summed E-state index contributed by atoms with van der Waals surface area (Å²) >= 11 is 12.5. The number of aromatic nitrogens is 1. The average Bonchev–Trinajstić information content (AvgIpc) is 3.43. The van der Waals surface area contributed by atoms with E-state index in [9.17, 15) is 9.59 Å². The minimum Gasteiger partial charge on any atom is -0.496 e. The summed E-state index contributed by atoms with van der Waals surface area (Å²) in [4.78, 5) is 29.4. The molecule has 0 saturated carbocycles. The highest BCUT2D eigenvalue weighted by Crippen LogP contribution is 2.36. The molecule has 0 atom stereocenters. The number of methoxy groups -OCH3 is 1. The van der Waals surface area contributed by atoms with Crippen molar-refractivity contribution in [2.45, 2.75) is 0 Å². The molecule has 2 aliphatic rings. The van der Waals surface area contributed by atoms with Gasteiger partial charge in [0.15, 0.2) is 0 Å². The second-order valence-electron chi connectivity index (χ2n) is 6.92. The Morgan fingerprint density at radius 3 is 2.33 bits per heavy atom. The minimum absolute atomic E-state index is 0.238. The number of hydrogen-bond acceptors (Lipinski definition) is 9. The maximum Gasteiger partial charge on any atom is 0.263 e. The maximum absolute atomic E-state index is 12.1. The zero-order valence-corrected chi connectivity index (χ0v) is 20.1. The van der Waals surface area contributed by atoms with Crippen molar-refractivity contribution in [2.75, 3.05) is 7.11 Å². The van der Waals surface area contributed by atoms with Crippen LogP contribution in [0.2, 0.25) is 0 Å². The summed E-state index contributed by atoms with van der Waals surface area (Å²) < 4.78 is 12.4. The van der Waals surface area contributed by atoms with E-state index in [0.29, 0.717) is 35.5 Å². The highest BCUT2D eigenvalue weighted by molar-refractivity contribution is 8.27. The highest BCUT2D eigenvalue weighted by Gasteiger charge is 2.24. The number of rotatable bonds is 4. The van der Waals surface area contributed by atoms with Crippen molar-refractivity contribution in [3.63, 3.8) is 0 Å². The minimum atomic E-state index is -0.245. The normalized spacial score (nSPS) is 18.5. The van der Waals surface area contributed by atoms with E-state index >= 15 is 0 Å². The number of carbonyl (C=O) groups excluding carboxylic acids is 2. The van der Waals surface area contributed by atoms with Crippen LogP contribution >= 0.6 is 48.0 Å². The molecule has 4 heterocycles. The van der Waals surface area contributed by atoms with Crippen LogP contribution in [0.15, 0.2) is 50.9 Å². The number of amides is 2. The van der Waals surface area contributed by atoms with Crippen LogP contribution in [-0.4, -0.2) is 32.5 Å². The van der Waals surface area contributed by atoms with Crippen molar-refractivity contribution in [3.05, 3.63) is 57.8 Å². The van der Waals surface area contributed by atoms with Gasteiger partial charge in [-0.3, -0.25) is 14.6 Å². The second kappa shape index (κ2) is 8.75. The number of carbonyl (C=O) groups is 2. The molecule has 0 unspecified atom stereocenters. The van der Waals surface area contributed by atoms with Gasteiger partial charge in [0.1, 0.15) is 25.7 Å². The molecule has 1 aromatic carbocycles. The lowest BCUT2D eigenvalue weighted by Crippen LogP contribution is -2.17. The van der Waals surface area contributed by atoms with Crippen molar-refractivity contribution in [3.8, 4) is 16.9 Å². The van der Waals surface area contributed by atoms with Gasteiger partial charge in [-0.15, -0.1) is 0 Å². The molecule has 11 heteroatoms. The first kappa shape index (κ1) is 21.8. The van der Waals surface area contributed by atoms with Crippen LogP contribution in [0.1, 0.15) is 11.3 Å². The van der Waals surface area contributed by atoms with Gasteiger partial charge in [0.2, 0.25) is 0 Å². The number of hydrogen-bond donors (Lipinski definition) is 2. The topological polar surface area (TPSA) is 93.5 Å². The van der Waals surface area contributed by atoms with Crippen LogP contribution in [0.25, 0.3) is 34.2 Å². The van der Waals surface area contributed by atoms with Crippen LogP contribution in [0.3, 0.4) is 0 Å². The van der Waals surface area contributed by atoms with Crippen molar-refractivity contribution in [1.29, 1.82) is 0 Å². The lowest BCUT2D eigenvalue weighted by molar-refractivity contribution is -0.116. The number of furan rings is 1. The van der Waals surface area contributed by atoms with Crippen LogP contribution in [-0.2, 0) is 9.59 Å². The third kappa shape index (κ3) is 4.32. The van der Waals surface area contributed by atoms with Gasteiger partial charge in [0.05, 0.1) is 16.9 Å². The Morgan fingerprint density at radius 2 is 1.70 bits per heavy atom. The molecule has 2 saturated heterocycles. The standard InChI is InChI=1S/C22H13N3O4S4/c1-28-15-3-2-10(4-11(15)6-16-19(26)24-21(30)32-16)14-9-23-8-12-5-13(29-18(12)14)7-17-20(27)25-22(31)33-17/h2-9H,1H3,(H,24,26,30)(H,25,27,31)/b16-6+,17-7-. The fraction of sp³-hybridized carbons (Fsp3) is 0.0455. The zero-order chi connectivity index (χ0) is 23.1. The third-order valence-electron chi connectivity index (χ3n) is 4.83. The molecular formula is C22H13N3O4S4. The SMILES string of the molecule is COc1ccc(-c2cncc3cc(/C=C4\SC(=S)NC4=O)oc23)cc1/C=C1/SC(=S)NC1=O. The molecule has 0 bridgehead atoms. The van der Waals surface area contributed by atoms with Gasteiger partial charge in [0, 0.05) is 35.0 Å². The molecule has 2 amide bonds. The predicted molar refractivity (Wildman–Crippen MR) is 139 cm³/mol. The van der Waals surface area contributed by atoms with Gasteiger partial charge in [-0.25, -0.2) is 0 Å². The van der Waals surface area contributed by atoms with Gasteiger partial charge in [-0.1, -0.05) is 54.0 Å². The molecule has 2 aliphatic heterocycles. The quantitative estimate of drug-likeness (QED) is 0.388. The molecule has 0 spiro atoms. The largest absolute Gasteiger partial charge is 0.496 e. The fourth-order valence-electron chi connectivity index (χ4n) is 3.39. The molecule has 3 aromatic rings. The van der Waals surface area contributed by atoms with Gasteiger partial charge < -0.3 is 19.8 Å². The first-order valence-electron chi connectivity index (χ1n) is 9.47. The van der Waals surface area contributed by atoms with Crippen molar-refractivity contribution in [2.24, 2.45) is 0 Å². The van der Waals surface area contributed by atoms with E-state index in [1.165, 1.54) is 23.5 Å². The Morgan fingerprint density at radius 1 is 1.00 bits per heavy atom. The molecule has 0 aliphatic carbocycles. The number of benzene rings is 1. The summed E-state index contributed by atoms with van der Waals surface area (Å²) in [5.41, 5.74) is 2.93. The average molecular weight is 512 g/mol. The van der Waals surface area contributed by atoms with Crippen LogP contribution in [0.4, 0.5) is 0 Å². The Bertz CT molecular complexity index is 1440. The summed E-state index contributed by atoms with van der Waals surface area (Å²) in [5.74, 6) is 0.649. The zero-order valence-electron chi connectivity index (χ0n) is 16.8. The molecule has 0 radical (unpaired) electrons. The number of fused-ring (bicyclic) bond motifs is 1. The van der Waals surface area contributed by atoms with E-state index in [-0.39, 0.29) is 11.8 Å². The molecule has 164 valence electrons. The molecule has 5 rings (SSSR count). The molecular weight excluding hydrogens is 499 g/mol. The first-order chi connectivity index (χ1) is 15.9. The van der Waals surface area contributed by atoms with Crippen LogP contribution < -0.4 is 15.4 Å². The molecule has 33 heavy (non-hydrogen) atoms. The Kier molecular flexibility index (Phi) is 5.79. The summed E-state index contributed by atoms with van der Waals surface area (Å²) in [7, 11) is 1.57. The number of thioether (sulfide) groups is 2. The Labute approximate surface area is 207 Å². The van der Waals surface area contributed by atoms with E-state index in [4.69, 9.17) is 33.6 Å². The summed E-state index contributed by atoms with van der Waals surface area (Å²) in [6.07, 6.45) is 6.81. The number of ether oxygens (including phenoxy) is 1. The lowest BCUT2D eigenvalue weighted by atomic mass is 10.0. The Balaban J connectivity index is 1.57. The number of nitrogens with zero attached hydrogens (tertiary/aromatic N) is 1. The number of pyridine rings is 1. The lowest BCUT2D eigenvalue weighted by Gasteiger charge is -2.09. The monoisotopic (exact) mass is 511 g/mol. The smallest absolute Gasteiger partial charge is 0.263 e. The molecule has 2 fully saturated rings. The Hall–Kier alpha value is -2.99. The first-order valence-corrected chi connectivity index (χ1v) is 11.9. The highest BCUT2D eigenvalue weighted by atomic mass is 32.2. The second-order valence-corrected chi connectivity index (χ2v) is 10.4. The van der Waals surface area contributed by atoms with E-state index < -0.39 is 0 Å². The van der Waals surface area contributed by atoms with Crippen molar-refractivity contribution >= 4 is 91.5 Å². The van der Waals surface area contributed by atoms with E-state index in [1.807, 2.05) is 24.3 Å². The summed E-state index contributed by atoms with van der Waals surface area (Å²) in [6.45, 7) is 0. The molecule has 7 nitrogen and oxygen atoms in total. The van der Waals surface area contributed by atoms with Crippen LogP contribution in [0, 0.1) is 0 Å². The van der Waals surface area contributed by atoms with Crippen LogP contribution in [0.5, 0.6) is 5.75 Å². The predicted octanol–water partition coefficient (Wildman–Crippen LogP) is 4.48. The third-order valence-corrected chi connectivity index (χ3v) is 7.15. The van der Waals surface area contributed by atoms with Gasteiger partial charge in [-0.05, 0) is 29.8 Å². The number of thiocarbonyl (C=S) groups is 2. The fourth-order valence-corrected chi connectivity index (χ4v) is 5.45.